The zero-order valence-electron chi connectivity index (χ0n) is 9.86. The molecule has 0 spiro atoms. The molecule has 1 aromatic rings. The maximum atomic E-state index is 9.72. The number of aromatic nitrogens is 1. The molecule has 1 aromatic heterocycles. The molecule has 0 aliphatic rings. The van der Waals surface area contributed by atoms with Crippen LogP contribution in [0.5, 0.6) is 0 Å². The van der Waals surface area contributed by atoms with Gasteiger partial charge in [-0.2, -0.15) is 0 Å². The van der Waals surface area contributed by atoms with Crippen LogP contribution in [0.15, 0.2) is 18.3 Å². The Hall–Kier alpha value is -1.62. The summed E-state index contributed by atoms with van der Waals surface area (Å²) < 4.78 is 0. The van der Waals surface area contributed by atoms with Gasteiger partial charge >= 0.3 is 0 Å². The quantitative estimate of drug-likeness (QED) is 0.513. The number of nitrogens with two attached hydrogens (primary N) is 1. The first-order valence-corrected chi connectivity index (χ1v) is 5.04. The van der Waals surface area contributed by atoms with Crippen LogP contribution in [0.2, 0.25) is 0 Å². The van der Waals surface area contributed by atoms with E-state index in [0.717, 1.165) is 0 Å². The van der Waals surface area contributed by atoms with Crippen LogP contribution < -0.4 is 10.6 Å². The number of nitrogen functional groups attached to an aromatic ring is 1. The number of nitrogens with one attached hydrogen (secondary N) is 1. The van der Waals surface area contributed by atoms with Gasteiger partial charge in [-0.3, -0.25) is 5.41 Å². The minimum atomic E-state index is -0.819. The minimum Gasteiger partial charge on any atom is -0.389 e. The number of anilines is 1. The molecule has 0 aromatic carbocycles. The van der Waals surface area contributed by atoms with Crippen LogP contribution in [0.4, 0.5) is 5.82 Å². The summed E-state index contributed by atoms with van der Waals surface area (Å²) in [4.78, 5) is 5.97. The predicted octanol–water partition coefficient (Wildman–Crippen LogP) is 0.573. The third-order valence-corrected chi connectivity index (χ3v) is 2.06. The number of hydrogen-bond acceptors (Lipinski definition) is 4. The van der Waals surface area contributed by atoms with E-state index in [1.54, 1.807) is 37.1 Å². The second kappa shape index (κ2) is 4.49. The van der Waals surface area contributed by atoms with Gasteiger partial charge in [0, 0.05) is 19.8 Å². The molecule has 5 heteroatoms. The molecule has 1 heterocycles. The average molecular weight is 222 g/mol. The van der Waals surface area contributed by atoms with Crippen LogP contribution >= 0.6 is 0 Å². The van der Waals surface area contributed by atoms with Crippen molar-refractivity contribution in [3.8, 4) is 0 Å². The number of likely N-dealkylation sites (N-methyl/N-ethyl adjacent to an activating group) is 1. The number of pyridine rings is 1. The second-order valence-electron chi connectivity index (χ2n) is 4.46. The first-order valence-electron chi connectivity index (χ1n) is 5.04. The van der Waals surface area contributed by atoms with Gasteiger partial charge in [0.15, 0.2) is 0 Å². The van der Waals surface area contributed by atoms with Gasteiger partial charge < -0.3 is 15.7 Å². The van der Waals surface area contributed by atoms with E-state index in [-0.39, 0.29) is 5.84 Å². The van der Waals surface area contributed by atoms with Crippen molar-refractivity contribution in [2.24, 2.45) is 5.73 Å². The Kier molecular flexibility index (Phi) is 3.49. The molecule has 0 unspecified atom stereocenters. The summed E-state index contributed by atoms with van der Waals surface area (Å²) in [6, 6.07) is 3.48. The van der Waals surface area contributed by atoms with E-state index in [0.29, 0.717) is 17.9 Å². The maximum Gasteiger partial charge on any atom is 0.139 e. The van der Waals surface area contributed by atoms with Gasteiger partial charge in [0.2, 0.25) is 0 Å². The molecule has 0 aliphatic heterocycles. The van der Waals surface area contributed by atoms with Gasteiger partial charge in [0.25, 0.3) is 0 Å². The van der Waals surface area contributed by atoms with Gasteiger partial charge in [-0.15, -0.1) is 0 Å². The zero-order chi connectivity index (χ0) is 12.3. The normalized spacial score (nSPS) is 11.2. The summed E-state index contributed by atoms with van der Waals surface area (Å²) in [5, 5.41) is 17.2. The third-order valence-electron chi connectivity index (χ3n) is 2.06. The van der Waals surface area contributed by atoms with E-state index in [1.807, 2.05) is 7.05 Å². The number of amidine groups is 1. The van der Waals surface area contributed by atoms with Gasteiger partial charge in [-0.25, -0.2) is 4.98 Å². The molecular weight excluding hydrogens is 204 g/mol. The standard InChI is InChI=1S/C11H18N4O/c1-11(2,16)7-15(3)10-8(9(12)13)5-4-6-14-10/h4-6,16H,7H2,1-3H3,(H3,12,13). The van der Waals surface area contributed by atoms with Gasteiger partial charge in [-0.1, -0.05) is 0 Å². The Balaban J connectivity index is 2.99. The Morgan fingerprint density at radius 1 is 1.62 bits per heavy atom. The van der Waals surface area contributed by atoms with E-state index >= 15 is 0 Å². The molecule has 88 valence electrons. The third kappa shape index (κ3) is 3.20. The first-order chi connectivity index (χ1) is 7.31. The molecule has 0 aliphatic carbocycles. The van der Waals surface area contributed by atoms with Gasteiger partial charge in [0.05, 0.1) is 11.2 Å². The van der Waals surface area contributed by atoms with Crippen LogP contribution in [0, 0.1) is 5.41 Å². The van der Waals surface area contributed by atoms with Crippen molar-refractivity contribution in [2.45, 2.75) is 19.4 Å². The van der Waals surface area contributed by atoms with Gasteiger partial charge in [-0.05, 0) is 26.0 Å². The summed E-state index contributed by atoms with van der Waals surface area (Å²) in [5.74, 6) is 0.586. The number of hydrogen-bond donors (Lipinski definition) is 3. The van der Waals surface area contributed by atoms with E-state index in [9.17, 15) is 5.11 Å². The molecule has 0 saturated carbocycles. The molecule has 0 saturated heterocycles. The number of aliphatic hydroxyl groups is 1. The smallest absolute Gasteiger partial charge is 0.139 e. The Labute approximate surface area is 95.4 Å². The highest BCUT2D eigenvalue weighted by Crippen LogP contribution is 2.17. The lowest BCUT2D eigenvalue weighted by Crippen LogP contribution is -2.37. The molecule has 0 atom stereocenters. The largest absolute Gasteiger partial charge is 0.389 e. The van der Waals surface area contributed by atoms with Crippen molar-refractivity contribution >= 4 is 11.7 Å². The average Bonchev–Trinajstić information content (AvgIpc) is 2.15. The lowest BCUT2D eigenvalue weighted by Gasteiger charge is -2.27. The van der Waals surface area contributed by atoms with E-state index in [2.05, 4.69) is 4.98 Å². The minimum absolute atomic E-state index is 0.0225. The fourth-order valence-electron chi connectivity index (χ4n) is 1.57. The van der Waals surface area contributed by atoms with Crippen LogP contribution in [-0.4, -0.2) is 35.1 Å². The highest BCUT2D eigenvalue weighted by Gasteiger charge is 2.19. The Bertz CT molecular complexity index is 384. The van der Waals surface area contributed by atoms with Crippen molar-refractivity contribution in [3.05, 3.63) is 23.9 Å². The van der Waals surface area contributed by atoms with Crippen LogP contribution in [-0.2, 0) is 0 Å². The lowest BCUT2D eigenvalue weighted by molar-refractivity contribution is 0.0884. The van der Waals surface area contributed by atoms with Crippen molar-refractivity contribution < 1.29 is 5.11 Å². The molecule has 5 nitrogen and oxygen atoms in total. The molecule has 1 rings (SSSR count). The SMILES string of the molecule is CN(CC(C)(C)O)c1ncccc1C(=N)N. The monoisotopic (exact) mass is 222 g/mol. The highest BCUT2D eigenvalue weighted by molar-refractivity contribution is 5.99. The van der Waals surface area contributed by atoms with Crippen molar-refractivity contribution in [1.82, 2.24) is 4.98 Å². The van der Waals surface area contributed by atoms with Crippen LogP contribution in [0.25, 0.3) is 0 Å². The van der Waals surface area contributed by atoms with Crippen LogP contribution in [0.1, 0.15) is 19.4 Å². The van der Waals surface area contributed by atoms with E-state index < -0.39 is 5.60 Å². The summed E-state index contributed by atoms with van der Waals surface area (Å²) in [6.07, 6.45) is 1.64. The zero-order valence-corrected chi connectivity index (χ0v) is 9.86. The molecule has 0 amide bonds. The maximum absolute atomic E-state index is 9.72. The topological polar surface area (TPSA) is 86.2 Å². The Morgan fingerprint density at radius 3 is 2.75 bits per heavy atom. The predicted molar refractivity (Wildman–Crippen MR) is 64.8 cm³/mol. The Morgan fingerprint density at radius 2 is 2.25 bits per heavy atom. The molecule has 16 heavy (non-hydrogen) atoms. The van der Waals surface area contributed by atoms with Crippen molar-refractivity contribution in [2.75, 3.05) is 18.5 Å². The summed E-state index contributed by atoms with van der Waals surface area (Å²) in [5.41, 5.74) is 5.23. The molecule has 0 radical (unpaired) electrons. The summed E-state index contributed by atoms with van der Waals surface area (Å²) in [7, 11) is 1.81. The summed E-state index contributed by atoms with van der Waals surface area (Å²) in [6.45, 7) is 3.87. The number of nitrogens with zero attached hydrogens (tertiary/aromatic N) is 2. The van der Waals surface area contributed by atoms with Crippen LogP contribution in [0.3, 0.4) is 0 Å². The second-order valence-corrected chi connectivity index (χ2v) is 4.46. The van der Waals surface area contributed by atoms with E-state index in [1.165, 1.54) is 0 Å². The van der Waals surface area contributed by atoms with Gasteiger partial charge in [0.1, 0.15) is 11.7 Å². The van der Waals surface area contributed by atoms with Crippen molar-refractivity contribution in [1.29, 1.82) is 5.41 Å². The molecule has 0 bridgehead atoms. The molecule has 0 fully saturated rings. The fraction of sp³-hybridized carbons (Fsp3) is 0.455. The fourth-order valence-corrected chi connectivity index (χ4v) is 1.57. The lowest BCUT2D eigenvalue weighted by atomic mass is 10.1. The molecule has 4 N–H and O–H groups in total. The van der Waals surface area contributed by atoms with E-state index in [4.69, 9.17) is 11.1 Å². The highest BCUT2D eigenvalue weighted by atomic mass is 16.3. The first kappa shape index (κ1) is 12.4. The summed E-state index contributed by atoms with van der Waals surface area (Å²) >= 11 is 0. The molecular formula is C11H18N4O. The van der Waals surface area contributed by atoms with Crippen molar-refractivity contribution in [3.63, 3.8) is 0 Å². The number of rotatable bonds is 4.